The summed E-state index contributed by atoms with van der Waals surface area (Å²) in [5.74, 6) is -0.741. The molecule has 0 saturated heterocycles. The second kappa shape index (κ2) is 4.55. The number of carboxylic acid groups (broad SMARTS) is 1. The standard InChI is InChI=1S/C11H17NO4/c1-5-15-10-8(9(13)14)12-7(16-10)6-11(2,3)4/h5-6H2,1-4H3,(H,13,14). The van der Waals surface area contributed by atoms with E-state index in [0.29, 0.717) is 18.9 Å². The Kier molecular flexibility index (Phi) is 3.57. The number of aromatic carboxylic acids is 1. The summed E-state index contributed by atoms with van der Waals surface area (Å²) in [7, 11) is 0. The van der Waals surface area contributed by atoms with E-state index < -0.39 is 5.97 Å². The summed E-state index contributed by atoms with van der Waals surface area (Å²) in [6.45, 7) is 8.19. The van der Waals surface area contributed by atoms with E-state index in [9.17, 15) is 4.79 Å². The molecule has 0 aromatic carbocycles. The molecule has 1 heterocycles. The van der Waals surface area contributed by atoms with Gasteiger partial charge in [0.05, 0.1) is 6.61 Å². The first-order valence-corrected chi connectivity index (χ1v) is 5.19. The predicted octanol–water partition coefficient (Wildman–Crippen LogP) is 2.36. The summed E-state index contributed by atoms with van der Waals surface area (Å²) in [6, 6.07) is 0. The molecule has 0 aliphatic rings. The van der Waals surface area contributed by atoms with E-state index in [2.05, 4.69) is 4.98 Å². The van der Waals surface area contributed by atoms with E-state index in [0.717, 1.165) is 0 Å². The molecule has 0 spiro atoms. The van der Waals surface area contributed by atoms with E-state index in [1.807, 2.05) is 20.8 Å². The van der Waals surface area contributed by atoms with Gasteiger partial charge in [-0.25, -0.2) is 9.78 Å². The molecular formula is C11H17NO4. The normalized spacial score (nSPS) is 11.5. The molecule has 1 rings (SSSR count). The summed E-state index contributed by atoms with van der Waals surface area (Å²) < 4.78 is 10.4. The monoisotopic (exact) mass is 227 g/mol. The maximum atomic E-state index is 10.9. The first kappa shape index (κ1) is 12.5. The third-order valence-corrected chi connectivity index (χ3v) is 1.80. The van der Waals surface area contributed by atoms with Crippen molar-refractivity contribution in [2.75, 3.05) is 6.61 Å². The first-order valence-electron chi connectivity index (χ1n) is 5.19. The fourth-order valence-electron chi connectivity index (χ4n) is 1.24. The van der Waals surface area contributed by atoms with Gasteiger partial charge in [0.1, 0.15) is 0 Å². The smallest absolute Gasteiger partial charge is 0.362 e. The highest BCUT2D eigenvalue weighted by atomic mass is 16.6. The van der Waals surface area contributed by atoms with Crippen molar-refractivity contribution in [2.24, 2.45) is 5.41 Å². The Morgan fingerprint density at radius 3 is 2.56 bits per heavy atom. The number of carbonyl (C=O) groups is 1. The van der Waals surface area contributed by atoms with Crippen LogP contribution in [0.2, 0.25) is 0 Å². The van der Waals surface area contributed by atoms with Gasteiger partial charge in [0.2, 0.25) is 5.69 Å². The van der Waals surface area contributed by atoms with Crippen molar-refractivity contribution in [1.29, 1.82) is 0 Å². The third kappa shape index (κ3) is 3.25. The van der Waals surface area contributed by atoms with Gasteiger partial charge >= 0.3 is 11.9 Å². The molecule has 0 aliphatic carbocycles. The minimum Gasteiger partial charge on any atom is -0.476 e. The SMILES string of the molecule is CCOc1oc(CC(C)(C)C)nc1C(=O)O. The summed E-state index contributed by atoms with van der Waals surface area (Å²) in [5.41, 5.74) is -0.162. The van der Waals surface area contributed by atoms with Crippen molar-refractivity contribution in [3.05, 3.63) is 11.6 Å². The van der Waals surface area contributed by atoms with Crippen LogP contribution in [0.15, 0.2) is 4.42 Å². The van der Waals surface area contributed by atoms with Crippen LogP contribution in [-0.2, 0) is 6.42 Å². The molecule has 5 heteroatoms. The van der Waals surface area contributed by atoms with Crippen molar-refractivity contribution < 1.29 is 19.1 Å². The highest BCUT2D eigenvalue weighted by Crippen LogP contribution is 2.26. The minimum absolute atomic E-state index is 0.00532. The number of rotatable bonds is 4. The molecule has 0 saturated carbocycles. The van der Waals surface area contributed by atoms with Crippen LogP contribution in [0.4, 0.5) is 0 Å². The Balaban J connectivity index is 2.97. The number of hydrogen-bond acceptors (Lipinski definition) is 4. The summed E-state index contributed by atoms with van der Waals surface area (Å²) in [5, 5.41) is 8.90. The van der Waals surface area contributed by atoms with Crippen molar-refractivity contribution in [1.82, 2.24) is 4.98 Å². The van der Waals surface area contributed by atoms with Crippen molar-refractivity contribution >= 4 is 5.97 Å². The van der Waals surface area contributed by atoms with Gasteiger partial charge in [-0.15, -0.1) is 0 Å². The van der Waals surface area contributed by atoms with Crippen molar-refractivity contribution in [3.8, 4) is 5.95 Å². The molecule has 16 heavy (non-hydrogen) atoms. The summed E-state index contributed by atoms with van der Waals surface area (Å²) in [4.78, 5) is 14.8. The molecule has 0 bridgehead atoms. The van der Waals surface area contributed by atoms with Crippen LogP contribution in [0.5, 0.6) is 5.95 Å². The number of carboxylic acids is 1. The number of hydrogen-bond donors (Lipinski definition) is 1. The highest BCUT2D eigenvalue weighted by Gasteiger charge is 2.23. The molecule has 1 aromatic rings. The Morgan fingerprint density at radius 2 is 2.12 bits per heavy atom. The molecule has 0 amide bonds. The zero-order valence-corrected chi connectivity index (χ0v) is 10.0. The molecule has 0 atom stereocenters. The molecule has 0 unspecified atom stereocenters. The van der Waals surface area contributed by atoms with Gasteiger partial charge in [-0.05, 0) is 12.3 Å². The average Bonchev–Trinajstić information content (AvgIpc) is 2.45. The number of ether oxygens (including phenoxy) is 1. The Bertz CT molecular complexity index is 376. The van der Waals surface area contributed by atoms with Crippen molar-refractivity contribution in [2.45, 2.75) is 34.1 Å². The lowest BCUT2D eigenvalue weighted by atomic mass is 9.92. The van der Waals surface area contributed by atoms with Gasteiger partial charge in [0.15, 0.2) is 5.89 Å². The van der Waals surface area contributed by atoms with Gasteiger partial charge < -0.3 is 14.3 Å². The van der Waals surface area contributed by atoms with Crippen LogP contribution < -0.4 is 4.74 Å². The second-order valence-electron chi connectivity index (χ2n) is 4.72. The zero-order valence-electron chi connectivity index (χ0n) is 10.0. The predicted molar refractivity (Wildman–Crippen MR) is 57.8 cm³/mol. The molecular weight excluding hydrogens is 210 g/mol. The van der Waals surface area contributed by atoms with Crippen LogP contribution in [0.3, 0.4) is 0 Å². The number of oxazole rings is 1. The van der Waals surface area contributed by atoms with Gasteiger partial charge in [0, 0.05) is 6.42 Å². The van der Waals surface area contributed by atoms with Crippen molar-refractivity contribution in [3.63, 3.8) is 0 Å². The maximum Gasteiger partial charge on any atom is 0.362 e. The minimum atomic E-state index is -1.13. The molecule has 1 aromatic heterocycles. The molecule has 0 radical (unpaired) electrons. The van der Waals surface area contributed by atoms with E-state index in [1.54, 1.807) is 6.92 Å². The average molecular weight is 227 g/mol. The van der Waals surface area contributed by atoms with Gasteiger partial charge in [-0.1, -0.05) is 20.8 Å². The molecule has 90 valence electrons. The van der Waals surface area contributed by atoms with Crippen LogP contribution in [0, 0.1) is 5.41 Å². The quantitative estimate of drug-likeness (QED) is 0.854. The largest absolute Gasteiger partial charge is 0.476 e. The summed E-state index contributed by atoms with van der Waals surface area (Å²) in [6.07, 6.45) is 0.570. The maximum absolute atomic E-state index is 10.9. The molecule has 0 aliphatic heterocycles. The van der Waals surface area contributed by atoms with Crippen LogP contribution >= 0.6 is 0 Å². The number of aromatic nitrogens is 1. The molecule has 1 N–H and O–H groups in total. The fourth-order valence-corrected chi connectivity index (χ4v) is 1.24. The molecule has 0 fully saturated rings. The van der Waals surface area contributed by atoms with E-state index >= 15 is 0 Å². The first-order chi connectivity index (χ1) is 7.33. The van der Waals surface area contributed by atoms with Gasteiger partial charge in [0.25, 0.3) is 0 Å². The van der Waals surface area contributed by atoms with E-state index in [4.69, 9.17) is 14.3 Å². The lowest BCUT2D eigenvalue weighted by molar-refractivity contribution is 0.0683. The molecule has 5 nitrogen and oxygen atoms in total. The lowest BCUT2D eigenvalue weighted by Gasteiger charge is -2.14. The van der Waals surface area contributed by atoms with Crippen LogP contribution in [0.25, 0.3) is 0 Å². The fraction of sp³-hybridized carbons (Fsp3) is 0.636. The Hall–Kier alpha value is -1.52. The third-order valence-electron chi connectivity index (χ3n) is 1.80. The van der Waals surface area contributed by atoms with Gasteiger partial charge in [-0.2, -0.15) is 0 Å². The Labute approximate surface area is 94.4 Å². The van der Waals surface area contributed by atoms with Crippen LogP contribution in [0.1, 0.15) is 44.1 Å². The lowest BCUT2D eigenvalue weighted by Crippen LogP contribution is -2.09. The highest BCUT2D eigenvalue weighted by molar-refractivity contribution is 5.87. The van der Waals surface area contributed by atoms with E-state index in [1.165, 1.54) is 0 Å². The second-order valence-corrected chi connectivity index (χ2v) is 4.72. The zero-order chi connectivity index (χ0) is 12.3. The Morgan fingerprint density at radius 1 is 1.50 bits per heavy atom. The van der Waals surface area contributed by atoms with E-state index in [-0.39, 0.29) is 17.1 Å². The van der Waals surface area contributed by atoms with Gasteiger partial charge in [-0.3, -0.25) is 0 Å². The number of nitrogens with zero attached hydrogens (tertiary/aromatic N) is 1. The van der Waals surface area contributed by atoms with Crippen LogP contribution in [-0.4, -0.2) is 22.7 Å². The topological polar surface area (TPSA) is 72.6 Å². The summed E-state index contributed by atoms with van der Waals surface area (Å²) >= 11 is 0.